The monoisotopic (exact) mass is 375 g/mol. The molecule has 7 nitrogen and oxygen atoms in total. The number of methoxy groups -OCH3 is 1. The molecule has 0 N–H and O–H groups in total. The van der Waals surface area contributed by atoms with E-state index in [9.17, 15) is 14.4 Å². The van der Waals surface area contributed by atoms with E-state index >= 15 is 0 Å². The fourth-order valence-corrected chi connectivity index (χ4v) is 2.81. The maximum Gasteiger partial charge on any atom is 0.361 e. The van der Waals surface area contributed by atoms with Gasteiger partial charge in [0.2, 0.25) is 5.71 Å². The number of hydrogen-bond donors (Lipinski definition) is 0. The zero-order valence-corrected chi connectivity index (χ0v) is 14.7. The highest BCUT2D eigenvalue weighted by Gasteiger charge is 2.21. The van der Waals surface area contributed by atoms with E-state index in [1.165, 1.54) is 49.8 Å². The summed E-state index contributed by atoms with van der Waals surface area (Å²) in [6.45, 7) is -0.00899. The Kier molecular flexibility index (Phi) is 6.82. The fourth-order valence-electron chi connectivity index (χ4n) is 1.93. The van der Waals surface area contributed by atoms with Crippen molar-refractivity contribution in [2.75, 3.05) is 14.2 Å². The van der Waals surface area contributed by atoms with Crippen LogP contribution in [-0.4, -0.2) is 31.6 Å². The molecule has 0 saturated carbocycles. The Hall–Kier alpha value is -3.25. The van der Waals surface area contributed by atoms with E-state index in [0.717, 1.165) is 0 Å². The maximum absolute atomic E-state index is 13.0. The lowest BCUT2D eigenvalue weighted by atomic mass is 10.1. The average Bonchev–Trinajstić information content (AvgIpc) is 3.11. The molecule has 1 heterocycles. The predicted molar refractivity (Wildman–Crippen MR) is 93.2 cm³/mol. The Morgan fingerprint density at radius 2 is 1.96 bits per heavy atom. The summed E-state index contributed by atoms with van der Waals surface area (Å²) >= 11 is 1.26. The minimum Gasteiger partial charge on any atom is -0.464 e. The molecule has 0 aliphatic rings. The van der Waals surface area contributed by atoms with Crippen molar-refractivity contribution < 1.29 is 23.6 Å². The van der Waals surface area contributed by atoms with Crippen molar-refractivity contribution in [2.45, 2.75) is 6.61 Å². The van der Waals surface area contributed by atoms with Crippen molar-refractivity contribution in [2.24, 2.45) is 10.3 Å². The lowest BCUT2D eigenvalue weighted by Gasteiger charge is -2.05. The van der Waals surface area contributed by atoms with Crippen LogP contribution in [-0.2, 0) is 25.8 Å². The average molecular weight is 375 g/mol. The third kappa shape index (κ3) is 4.64. The number of esters is 1. The molecular weight excluding hydrogens is 361 g/mol. The van der Waals surface area contributed by atoms with Gasteiger partial charge in [0.15, 0.2) is 5.71 Å². The summed E-state index contributed by atoms with van der Waals surface area (Å²) in [5.41, 5.74) is 1.05. The second-order valence-corrected chi connectivity index (χ2v) is 5.64. The molecule has 1 aromatic heterocycles. The van der Waals surface area contributed by atoms with Crippen LogP contribution in [0.4, 0.5) is 4.39 Å². The van der Waals surface area contributed by atoms with Crippen LogP contribution < -0.4 is 0 Å². The van der Waals surface area contributed by atoms with Crippen molar-refractivity contribution >= 4 is 28.7 Å². The number of nitriles is 1. The number of hydrogen-bond acceptors (Lipinski definition) is 8. The van der Waals surface area contributed by atoms with E-state index < -0.39 is 11.8 Å². The van der Waals surface area contributed by atoms with E-state index in [1.54, 1.807) is 11.4 Å². The van der Waals surface area contributed by atoms with Crippen LogP contribution in [0.5, 0.6) is 0 Å². The Morgan fingerprint density at radius 1 is 1.23 bits per heavy atom. The second kappa shape index (κ2) is 9.29. The third-order valence-corrected chi connectivity index (χ3v) is 4.09. The molecule has 1 aromatic carbocycles. The number of rotatable bonds is 7. The van der Waals surface area contributed by atoms with Gasteiger partial charge in [-0.3, -0.25) is 0 Å². The smallest absolute Gasteiger partial charge is 0.361 e. The van der Waals surface area contributed by atoms with Crippen molar-refractivity contribution in [3.05, 3.63) is 57.5 Å². The van der Waals surface area contributed by atoms with Gasteiger partial charge in [-0.15, -0.1) is 11.3 Å². The zero-order chi connectivity index (χ0) is 18.9. The number of benzene rings is 1. The Morgan fingerprint density at radius 3 is 2.58 bits per heavy atom. The van der Waals surface area contributed by atoms with Crippen molar-refractivity contribution in [1.29, 1.82) is 5.26 Å². The molecule has 26 heavy (non-hydrogen) atoms. The molecule has 9 heteroatoms. The van der Waals surface area contributed by atoms with Crippen LogP contribution in [0, 0.1) is 17.1 Å². The number of thiophene rings is 1. The zero-order valence-electron chi connectivity index (χ0n) is 13.9. The standard InChI is InChI=1S/C17H14FN3O4S/c1-23-17(22)15(21-24-2)16-12(7-8-26-16)10-25-20-14(9-19)11-3-5-13(18)6-4-11/h3-8H,10H2,1-2H3/b20-14?,21-15-. The Balaban J connectivity index is 2.16. The lowest BCUT2D eigenvalue weighted by Crippen LogP contribution is -2.17. The second-order valence-electron chi connectivity index (χ2n) is 4.72. The molecule has 0 aliphatic carbocycles. The SMILES string of the molecule is CO/N=C(\C(=O)OC)c1sccc1CON=C(C#N)c1ccc(F)cc1. The summed E-state index contributed by atoms with van der Waals surface area (Å²) in [4.78, 5) is 22.2. The molecule has 2 rings (SSSR count). The van der Waals surface area contributed by atoms with E-state index in [4.69, 9.17) is 4.84 Å². The van der Waals surface area contributed by atoms with Gasteiger partial charge in [0.05, 0.1) is 12.0 Å². The summed E-state index contributed by atoms with van der Waals surface area (Å²) in [6, 6.07) is 8.93. The van der Waals surface area contributed by atoms with Crippen molar-refractivity contribution in [1.82, 2.24) is 0 Å². The molecule has 0 fully saturated rings. The topological polar surface area (TPSA) is 93.3 Å². The molecule has 0 radical (unpaired) electrons. The van der Waals surface area contributed by atoms with E-state index in [-0.39, 0.29) is 18.0 Å². The van der Waals surface area contributed by atoms with Gasteiger partial charge in [-0.1, -0.05) is 10.3 Å². The van der Waals surface area contributed by atoms with Gasteiger partial charge in [-0.05, 0) is 35.7 Å². The number of carbonyl (C=O) groups is 1. The van der Waals surface area contributed by atoms with Crippen molar-refractivity contribution in [3.8, 4) is 6.07 Å². The first-order chi connectivity index (χ1) is 12.6. The quantitative estimate of drug-likeness (QED) is 0.421. The van der Waals surface area contributed by atoms with Gasteiger partial charge in [0.25, 0.3) is 0 Å². The molecule has 0 atom stereocenters. The van der Waals surface area contributed by atoms with Gasteiger partial charge >= 0.3 is 5.97 Å². The Labute approximate surface area is 152 Å². The lowest BCUT2D eigenvalue weighted by molar-refractivity contribution is -0.132. The maximum atomic E-state index is 13.0. The number of ether oxygens (including phenoxy) is 1. The van der Waals surface area contributed by atoms with Gasteiger partial charge in [0.1, 0.15) is 25.6 Å². The Bertz CT molecular complexity index is 869. The van der Waals surface area contributed by atoms with E-state index in [1.807, 2.05) is 6.07 Å². The molecule has 0 amide bonds. The van der Waals surface area contributed by atoms with Crippen LogP contribution in [0.2, 0.25) is 0 Å². The first-order valence-electron chi connectivity index (χ1n) is 7.23. The molecule has 0 unspecified atom stereocenters. The van der Waals surface area contributed by atoms with Crippen LogP contribution in [0.25, 0.3) is 0 Å². The summed E-state index contributed by atoms with van der Waals surface area (Å²) in [6.07, 6.45) is 0. The third-order valence-electron chi connectivity index (χ3n) is 3.12. The summed E-state index contributed by atoms with van der Waals surface area (Å²) in [5.74, 6) is -1.06. The highest BCUT2D eigenvalue weighted by molar-refractivity contribution is 7.13. The van der Waals surface area contributed by atoms with Crippen molar-refractivity contribution in [3.63, 3.8) is 0 Å². The minimum absolute atomic E-state index is 0.000490. The summed E-state index contributed by atoms with van der Waals surface area (Å²) in [5, 5.41) is 18.4. The van der Waals surface area contributed by atoms with Crippen LogP contribution in [0.1, 0.15) is 16.0 Å². The molecule has 2 aromatic rings. The van der Waals surface area contributed by atoms with Crippen LogP contribution >= 0.6 is 11.3 Å². The molecule has 0 spiro atoms. The highest BCUT2D eigenvalue weighted by Crippen LogP contribution is 2.20. The molecule has 0 aliphatic heterocycles. The van der Waals surface area contributed by atoms with E-state index in [2.05, 4.69) is 19.9 Å². The first kappa shape index (κ1) is 19.1. The highest BCUT2D eigenvalue weighted by atomic mass is 32.1. The molecule has 134 valence electrons. The van der Waals surface area contributed by atoms with Crippen LogP contribution in [0.15, 0.2) is 46.0 Å². The molecular formula is C17H14FN3O4S. The van der Waals surface area contributed by atoms with Gasteiger partial charge in [-0.2, -0.15) is 5.26 Å². The first-order valence-corrected chi connectivity index (χ1v) is 8.10. The van der Waals surface area contributed by atoms with Gasteiger partial charge in [0, 0.05) is 11.1 Å². The number of carbonyl (C=O) groups excluding carboxylic acids is 1. The van der Waals surface area contributed by atoms with Gasteiger partial charge in [-0.25, -0.2) is 9.18 Å². The summed E-state index contributed by atoms with van der Waals surface area (Å²) < 4.78 is 17.6. The number of nitrogens with zero attached hydrogens (tertiary/aromatic N) is 3. The van der Waals surface area contributed by atoms with Gasteiger partial charge < -0.3 is 14.4 Å². The largest absolute Gasteiger partial charge is 0.464 e. The predicted octanol–water partition coefficient (Wildman–Crippen LogP) is 2.86. The normalized spacial score (nSPS) is 11.6. The minimum atomic E-state index is -0.650. The molecule has 0 bridgehead atoms. The van der Waals surface area contributed by atoms with Crippen LogP contribution in [0.3, 0.4) is 0 Å². The number of halogens is 1. The number of oxime groups is 2. The fraction of sp³-hybridized carbons (Fsp3) is 0.176. The summed E-state index contributed by atoms with van der Waals surface area (Å²) in [7, 11) is 2.56. The molecule has 0 saturated heterocycles. The van der Waals surface area contributed by atoms with E-state index in [0.29, 0.717) is 16.0 Å².